The molecule has 0 radical (unpaired) electrons. The number of aromatic nitrogens is 2. The highest BCUT2D eigenvalue weighted by atomic mass is 35.5. The van der Waals surface area contributed by atoms with Gasteiger partial charge in [-0.25, -0.2) is 4.98 Å². The second-order valence-electron chi connectivity index (χ2n) is 1.49. The van der Waals surface area contributed by atoms with Gasteiger partial charge in [-0.15, -0.1) is 12.4 Å². The first-order valence-electron chi connectivity index (χ1n) is 2.47. The molecule has 0 aromatic carbocycles. The van der Waals surface area contributed by atoms with E-state index in [2.05, 4.69) is 14.7 Å². The second-order valence-corrected chi connectivity index (χ2v) is 1.49. The number of ether oxygens (including phenoxy) is 1. The molecule has 0 aliphatic carbocycles. The van der Waals surface area contributed by atoms with Crippen molar-refractivity contribution in [2.75, 3.05) is 0 Å². The van der Waals surface area contributed by atoms with Crippen molar-refractivity contribution in [3.63, 3.8) is 0 Å². The van der Waals surface area contributed by atoms with Crippen molar-refractivity contribution in [3.8, 4) is 6.01 Å². The minimum absolute atomic E-state index is 0. The first kappa shape index (κ1) is 8.97. The smallest absolute Gasteiger partial charge is 0.310 e. The SMILES string of the molecule is CC(=O)Oc1ncc[nH]1.Cl. The molecule has 1 aromatic heterocycles. The van der Waals surface area contributed by atoms with Crippen LogP contribution in [0.1, 0.15) is 6.92 Å². The minimum Gasteiger partial charge on any atom is -0.392 e. The van der Waals surface area contributed by atoms with Gasteiger partial charge in [0.2, 0.25) is 0 Å². The Morgan fingerprint density at radius 3 is 2.90 bits per heavy atom. The fraction of sp³-hybridized carbons (Fsp3) is 0.200. The zero-order valence-corrected chi connectivity index (χ0v) is 6.14. The molecule has 0 atom stereocenters. The number of rotatable bonds is 1. The van der Waals surface area contributed by atoms with Crippen molar-refractivity contribution in [2.24, 2.45) is 0 Å². The van der Waals surface area contributed by atoms with Gasteiger partial charge in [0.05, 0.1) is 0 Å². The molecular weight excluding hydrogens is 156 g/mol. The van der Waals surface area contributed by atoms with Crippen LogP contribution in [0.3, 0.4) is 0 Å². The van der Waals surface area contributed by atoms with Gasteiger partial charge in [0.25, 0.3) is 0 Å². The van der Waals surface area contributed by atoms with Crippen LogP contribution in [0.25, 0.3) is 0 Å². The van der Waals surface area contributed by atoms with Crippen LogP contribution in [-0.2, 0) is 4.79 Å². The lowest BCUT2D eigenvalue weighted by Crippen LogP contribution is -2.02. The van der Waals surface area contributed by atoms with Crippen molar-refractivity contribution < 1.29 is 9.53 Å². The molecule has 0 unspecified atom stereocenters. The van der Waals surface area contributed by atoms with Gasteiger partial charge < -0.3 is 9.72 Å². The molecule has 0 aliphatic heterocycles. The van der Waals surface area contributed by atoms with Gasteiger partial charge in [-0.1, -0.05) is 0 Å². The number of hydrogen-bond acceptors (Lipinski definition) is 3. The largest absolute Gasteiger partial charge is 0.392 e. The Balaban J connectivity index is 0.000000810. The van der Waals surface area contributed by atoms with Crippen LogP contribution in [0.4, 0.5) is 0 Å². The second kappa shape index (κ2) is 3.90. The number of halogens is 1. The van der Waals surface area contributed by atoms with Gasteiger partial charge in [0, 0.05) is 19.3 Å². The van der Waals surface area contributed by atoms with E-state index in [0.29, 0.717) is 0 Å². The van der Waals surface area contributed by atoms with Crippen LogP contribution in [0.15, 0.2) is 12.4 Å². The van der Waals surface area contributed by atoms with E-state index >= 15 is 0 Å². The van der Waals surface area contributed by atoms with Crippen LogP contribution >= 0.6 is 12.4 Å². The molecule has 0 saturated heterocycles. The lowest BCUT2D eigenvalue weighted by Gasteiger charge is -1.90. The van der Waals surface area contributed by atoms with Crippen LogP contribution in [0.2, 0.25) is 0 Å². The molecular formula is C5H7ClN2O2. The molecule has 0 aliphatic rings. The molecule has 1 rings (SSSR count). The molecule has 1 heterocycles. The molecule has 0 bridgehead atoms. The lowest BCUT2D eigenvalue weighted by atomic mass is 10.8. The van der Waals surface area contributed by atoms with E-state index in [9.17, 15) is 4.79 Å². The summed E-state index contributed by atoms with van der Waals surface area (Å²) in [5.41, 5.74) is 0. The Kier molecular flexibility index (Phi) is 3.49. The van der Waals surface area contributed by atoms with E-state index < -0.39 is 0 Å². The topological polar surface area (TPSA) is 55.0 Å². The predicted molar refractivity (Wildman–Crippen MR) is 37.1 cm³/mol. The third-order valence-electron chi connectivity index (χ3n) is 0.714. The maximum absolute atomic E-state index is 10.2. The fourth-order valence-corrected chi connectivity index (χ4v) is 0.443. The average Bonchev–Trinajstić information content (AvgIpc) is 2.15. The van der Waals surface area contributed by atoms with Crippen LogP contribution in [0, 0.1) is 0 Å². The number of imidazole rings is 1. The summed E-state index contributed by atoms with van der Waals surface area (Å²) in [7, 11) is 0. The maximum Gasteiger partial charge on any atom is 0.310 e. The standard InChI is InChI=1S/C5H6N2O2.ClH/c1-4(8)9-5-6-2-3-7-5;/h2-3H,1H3,(H,6,7);1H. The Labute approximate surface area is 64.0 Å². The molecule has 56 valence electrons. The van der Waals surface area contributed by atoms with Crippen LogP contribution < -0.4 is 4.74 Å². The molecule has 1 N–H and O–H groups in total. The van der Waals surface area contributed by atoms with E-state index in [0.717, 1.165) is 0 Å². The highest BCUT2D eigenvalue weighted by Crippen LogP contribution is 1.97. The number of aromatic amines is 1. The Morgan fingerprint density at radius 1 is 1.80 bits per heavy atom. The molecule has 0 spiro atoms. The van der Waals surface area contributed by atoms with Crippen molar-refractivity contribution in [1.82, 2.24) is 9.97 Å². The molecule has 4 nitrogen and oxygen atoms in total. The summed E-state index contributed by atoms with van der Waals surface area (Å²) in [4.78, 5) is 16.5. The van der Waals surface area contributed by atoms with Crippen LogP contribution in [0.5, 0.6) is 6.01 Å². The highest BCUT2D eigenvalue weighted by molar-refractivity contribution is 5.85. The van der Waals surface area contributed by atoms with Gasteiger partial charge in [-0.3, -0.25) is 4.79 Å². The summed E-state index contributed by atoms with van der Waals surface area (Å²) < 4.78 is 4.55. The minimum atomic E-state index is -0.370. The molecule has 5 heteroatoms. The number of H-pyrrole nitrogens is 1. The first-order valence-corrected chi connectivity index (χ1v) is 2.47. The van der Waals surface area contributed by atoms with E-state index in [1.807, 2.05) is 0 Å². The van der Waals surface area contributed by atoms with Gasteiger partial charge >= 0.3 is 12.0 Å². The summed E-state index contributed by atoms with van der Waals surface area (Å²) in [5.74, 6) is -0.370. The number of nitrogens with zero attached hydrogens (tertiary/aromatic N) is 1. The van der Waals surface area contributed by atoms with E-state index in [1.54, 1.807) is 6.20 Å². The van der Waals surface area contributed by atoms with Gasteiger partial charge in [-0.2, -0.15) is 0 Å². The summed E-state index contributed by atoms with van der Waals surface area (Å²) in [6.07, 6.45) is 3.09. The summed E-state index contributed by atoms with van der Waals surface area (Å²) in [5, 5.41) is 0. The normalized spacial score (nSPS) is 8.10. The molecule has 1 aromatic rings. The first-order chi connectivity index (χ1) is 4.29. The Bertz CT molecular complexity index is 197. The third-order valence-corrected chi connectivity index (χ3v) is 0.714. The molecule has 10 heavy (non-hydrogen) atoms. The Hall–Kier alpha value is -1.03. The summed E-state index contributed by atoms with van der Waals surface area (Å²) in [6.45, 7) is 1.32. The van der Waals surface area contributed by atoms with Crippen LogP contribution in [-0.4, -0.2) is 15.9 Å². The lowest BCUT2D eigenvalue weighted by molar-refractivity contribution is -0.132. The van der Waals surface area contributed by atoms with Crippen molar-refractivity contribution in [1.29, 1.82) is 0 Å². The molecule has 0 fully saturated rings. The average molecular weight is 163 g/mol. The zero-order valence-electron chi connectivity index (χ0n) is 5.33. The summed E-state index contributed by atoms with van der Waals surface area (Å²) in [6, 6.07) is 0.238. The number of carbonyl (C=O) groups is 1. The monoisotopic (exact) mass is 162 g/mol. The molecule has 0 saturated carbocycles. The van der Waals surface area contributed by atoms with Gasteiger partial charge in [0.15, 0.2) is 0 Å². The van der Waals surface area contributed by atoms with E-state index in [-0.39, 0.29) is 24.4 Å². The quantitative estimate of drug-likeness (QED) is 0.621. The van der Waals surface area contributed by atoms with Gasteiger partial charge in [-0.05, 0) is 0 Å². The summed E-state index contributed by atoms with van der Waals surface area (Å²) >= 11 is 0. The highest BCUT2D eigenvalue weighted by Gasteiger charge is 1.96. The number of hydrogen-bond donors (Lipinski definition) is 1. The Morgan fingerprint density at radius 2 is 2.50 bits per heavy atom. The van der Waals surface area contributed by atoms with Gasteiger partial charge in [0.1, 0.15) is 0 Å². The maximum atomic E-state index is 10.2. The number of esters is 1. The fourth-order valence-electron chi connectivity index (χ4n) is 0.443. The van der Waals surface area contributed by atoms with Crippen molar-refractivity contribution >= 4 is 18.4 Å². The number of nitrogens with one attached hydrogen (secondary N) is 1. The number of carbonyl (C=O) groups excluding carboxylic acids is 1. The van der Waals surface area contributed by atoms with Crippen molar-refractivity contribution in [3.05, 3.63) is 12.4 Å². The van der Waals surface area contributed by atoms with Crippen molar-refractivity contribution in [2.45, 2.75) is 6.92 Å². The molecule has 0 amide bonds. The third kappa shape index (κ3) is 2.50. The van der Waals surface area contributed by atoms with E-state index in [4.69, 9.17) is 0 Å². The van der Waals surface area contributed by atoms with E-state index in [1.165, 1.54) is 13.1 Å². The zero-order chi connectivity index (χ0) is 6.69. The predicted octanol–water partition coefficient (Wildman–Crippen LogP) is 0.757.